The summed E-state index contributed by atoms with van der Waals surface area (Å²) in [6, 6.07) is 14.6. The molecule has 1 aliphatic carbocycles. The van der Waals surface area contributed by atoms with Crippen LogP contribution in [0.15, 0.2) is 48.5 Å². The highest BCUT2D eigenvalue weighted by Gasteiger charge is 2.55. The Morgan fingerprint density at radius 3 is 2.50 bits per heavy atom. The van der Waals surface area contributed by atoms with Gasteiger partial charge in [-0.15, -0.1) is 0 Å². The number of benzene rings is 2. The van der Waals surface area contributed by atoms with E-state index >= 15 is 0 Å². The van der Waals surface area contributed by atoms with Crippen molar-refractivity contribution in [1.29, 1.82) is 0 Å². The van der Waals surface area contributed by atoms with Crippen LogP contribution in [0.2, 0.25) is 0 Å². The van der Waals surface area contributed by atoms with E-state index in [2.05, 4.69) is 5.32 Å². The maximum atomic E-state index is 13.5. The first-order chi connectivity index (χ1) is 16.5. The zero-order valence-corrected chi connectivity index (χ0v) is 18.8. The number of anilines is 2. The Hall–Kier alpha value is -4.01. The summed E-state index contributed by atoms with van der Waals surface area (Å²) >= 11 is 0. The van der Waals surface area contributed by atoms with Crippen LogP contribution in [0.25, 0.3) is 11.0 Å². The van der Waals surface area contributed by atoms with E-state index in [9.17, 15) is 14.4 Å². The molecule has 1 fully saturated rings. The van der Waals surface area contributed by atoms with Gasteiger partial charge in [0.05, 0.1) is 11.0 Å². The van der Waals surface area contributed by atoms with Crippen LogP contribution in [-0.4, -0.2) is 59.4 Å². The number of para-hydroxylation sites is 2. The molecule has 3 heterocycles. The second kappa shape index (κ2) is 7.51. The summed E-state index contributed by atoms with van der Waals surface area (Å²) in [4.78, 5) is 54.0. The number of carbonyl (C=O) groups is 3. The average Bonchev–Trinajstić information content (AvgIpc) is 3.27. The lowest BCUT2D eigenvalue weighted by Crippen LogP contribution is -2.45. The molecule has 34 heavy (non-hydrogen) atoms. The van der Waals surface area contributed by atoms with E-state index in [1.54, 1.807) is 4.90 Å². The summed E-state index contributed by atoms with van der Waals surface area (Å²) in [6.07, 6.45) is 1.92. The van der Waals surface area contributed by atoms with Gasteiger partial charge in [0.1, 0.15) is 12.1 Å². The molecule has 1 saturated heterocycles. The first-order valence-electron chi connectivity index (χ1n) is 11.5. The number of rotatable bonds is 2. The fraction of sp³-hybridized carbons (Fsp3) is 0.320. The second-order valence-electron chi connectivity index (χ2n) is 9.06. The highest BCUT2D eigenvalue weighted by Crippen LogP contribution is 2.41. The largest absolute Gasteiger partial charge is 0.357 e. The smallest absolute Gasteiger partial charge is 0.325 e. The molecule has 172 valence electrons. The van der Waals surface area contributed by atoms with E-state index in [1.807, 2.05) is 60.5 Å². The summed E-state index contributed by atoms with van der Waals surface area (Å²) in [6.45, 7) is 0.805. The molecule has 0 saturated carbocycles. The number of hydrogen-bond donors (Lipinski definition) is 1. The molecule has 3 aliphatic rings. The first-order valence-corrected chi connectivity index (χ1v) is 11.5. The number of nitrogens with zero attached hydrogens (tertiary/aromatic N) is 5. The Kier molecular flexibility index (Phi) is 4.55. The van der Waals surface area contributed by atoms with Crippen LogP contribution in [0.5, 0.6) is 0 Å². The predicted octanol–water partition coefficient (Wildman–Crippen LogP) is 2.20. The SMILES string of the molecule is CN1CCCN(C(=O)CN2C(=O)N[C@]3(CCc4ccccc43)C2=O)c2nc3ccccc3nc21. The molecule has 2 aliphatic heterocycles. The summed E-state index contributed by atoms with van der Waals surface area (Å²) in [5.41, 5.74) is 2.23. The fourth-order valence-corrected chi connectivity index (χ4v) is 5.29. The maximum absolute atomic E-state index is 13.5. The van der Waals surface area contributed by atoms with Crippen LogP contribution in [0.3, 0.4) is 0 Å². The van der Waals surface area contributed by atoms with E-state index in [-0.39, 0.29) is 18.4 Å². The molecular weight excluding hydrogens is 432 g/mol. The van der Waals surface area contributed by atoms with E-state index in [0.717, 1.165) is 21.5 Å². The zero-order chi connectivity index (χ0) is 23.4. The molecule has 2 aromatic carbocycles. The lowest BCUT2D eigenvalue weighted by atomic mass is 9.92. The minimum Gasteiger partial charge on any atom is -0.357 e. The van der Waals surface area contributed by atoms with Crippen molar-refractivity contribution in [3.63, 3.8) is 0 Å². The van der Waals surface area contributed by atoms with Gasteiger partial charge in [-0.1, -0.05) is 36.4 Å². The van der Waals surface area contributed by atoms with Crippen LogP contribution in [0.4, 0.5) is 16.4 Å². The van der Waals surface area contributed by atoms with Gasteiger partial charge in [0.25, 0.3) is 5.91 Å². The molecule has 9 nitrogen and oxygen atoms in total. The van der Waals surface area contributed by atoms with Crippen LogP contribution in [-0.2, 0) is 21.5 Å². The second-order valence-corrected chi connectivity index (χ2v) is 9.06. The van der Waals surface area contributed by atoms with E-state index in [0.29, 0.717) is 49.5 Å². The quantitative estimate of drug-likeness (QED) is 0.594. The number of hydrogen-bond acceptors (Lipinski definition) is 6. The number of amides is 4. The molecule has 0 bridgehead atoms. The van der Waals surface area contributed by atoms with Gasteiger partial charge >= 0.3 is 6.03 Å². The third kappa shape index (κ3) is 2.96. The third-order valence-electron chi connectivity index (χ3n) is 7.04. The molecule has 9 heteroatoms. The summed E-state index contributed by atoms with van der Waals surface area (Å²) in [5.74, 6) is 0.347. The fourth-order valence-electron chi connectivity index (χ4n) is 5.29. The van der Waals surface area contributed by atoms with Crippen molar-refractivity contribution in [3.05, 3.63) is 59.7 Å². The first kappa shape index (κ1) is 20.6. The minimum atomic E-state index is -1.08. The Labute approximate surface area is 196 Å². The monoisotopic (exact) mass is 456 g/mol. The van der Waals surface area contributed by atoms with Crippen LogP contribution >= 0.6 is 0 Å². The third-order valence-corrected chi connectivity index (χ3v) is 7.04. The summed E-state index contributed by atoms with van der Waals surface area (Å²) in [7, 11) is 1.93. The van der Waals surface area contributed by atoms with Gasteiger partial charge in [-0.2, -0.15) is 0 Å². The lowest BCUT2D eigenvalue weighted by molar-refractivity contribution is -0.134. The molecule has 0 unspecified atom stereocenters. The Balaban J connectivity index is 1.32. The van der Waals surface area contributed by atoms with Gasteiger partial charge in [0.15, 0.2) is 11.6 Å². The van der Waals surface area contributed by atoms with Gasteiger partial charge in [0.2, 0.25) is 5.91 Å². The number of nitrogens with one attached hydrogen (secondary N) is 1. The van der Waals surface area contributed by atoms with E-state index in [1.165, 1.54) is 0 Å². The van der Waals surface area contributed by atoms with Crippen molar-refractivity contribution in [2.24, 2.45) is 0 Å². The van der Waals surface area contributed by atoms with Crippen molar-refractivity contribution in [1.82, 2.24) is 20.2 Å². The van der Waals surface area contributed by atoms with Crippen LogP contribution in [0.1, 0.15) is 24.0 Å². The van der Waals surface area contributed by atoms with Crippen LogP contribution in [0, 0.1) is 0 Å². The molecular formula is C25H24N6O3. The van der Waals surface area contributed by atoms with Crippen molar-refractivity contribution in [3.8, 4) is 0 Å². The van der Waals surface area contributed by atoms with Gasteiger partial charge in [-0.3, -0.25) is 19.4 Å². The van der Waals surface area contributed by atoms with E-state index < -0.39 is 11.6 Å². The Morgan fingerprint density at radius 1 is 1.00 bits per heavy atom. The van der Waals surface area contributed by atoms with Crippen LogP contribution < -0.4 is 15.1 Å². The molecule has 0 radical (unpaired) electrons. The molecule has 3 aromatic rings. The van der Waals surface area contributed by atoms with E-state index in [4.69, 9.17) is 9.97 Å². The normalized spacial score (nSPS) is 21.6. The van der Waals surface area contributed by atoms with Crippen molar-refractivity contribution in [2.75, 3.05) is 36.5 Å². The maximum Gasteiger partial charge on any atom is 0.325 e. The highest BCUT2D eigenvalue weighted by atomic mass is 16.2. The van der Waals surface area contributed by atoms with Crippen molar-refractivity contribution >= 4 is 40.5 Å². The predicted molar refractivity (Wildman–Crippen MR) is 126 cm³/mol. The molecule has 1 atom stereocenters. The summed E-state index contributed by atoms with van der Waals surface area (Å²) in [5, 5.41) is 2.89. The topological polar surface area (TPSA) is 98.7 Å². The number of aryl methyl sites for hydroxylation is 1. The van der Waals surface area contributed by atoms with Gasteiger partial charge in [-0.25, -0.2) is 14.8 Å². The number of imide groups is 1. The van der Waals surface area contributed by atoms with Gasteiger partial charge < -0.3 is 10.2 Å². The van der Waals surface area contributed by atoms with Gasteiger partial charge in [0, 0.05) is 20.1 Å². The molecule has 1 aromatic heterocycles. The zero-order valence-electron chi connectivity index (χ0n) is 18.8. The Bertz CT molecular complexity index is 1360. The standard InChI is InChI=1S/C25H24N6O3/c1-29-13-6-14-30(22-21(29)26-18-9-4-5-10-19(18)27-22)20(32)15-31-23(33)25(28-24(31)34)12-11-16-7-2-3-8-17(16)25/h2-5,7-10H,6,11-15H2,1H3,(H,28,34)/t25-/m0/s1. The average molecular weight is 457 g/mol. The number of carbonyl (C=O) groups excluding carboxylic acids is 3. The van der Waals surface area contributed by atoms with Crippen molar-refractivity contribution < 1.29 is 14.4 Å². The number of urea groups is 1. The molecule has 1 N–H and O–H groups in total. The summed E-state index contributed by atoms with van der Waals surface area (Å²) < 4.78 is 0. The lowest BCUT2D eigenvalue weighted by Gasteiger charge is -2.25. The number of fused-ring (bicyclic) bond motifs is 4. The molecule has 6 rings (SSSR count). The molecule has 4 amide bonds. The Morgan fingerprint density at radius 2 is 1.71 bits per heavy atom. The number of aromatic nitrogens is 2. The highest BCUT2D eigenvalue weighted by molar-refractivity contribution is 6.11. The van der Waals surface area contributed by atoms with Crippen molar-refractivity contribution in [2.45, 2.75) is 24.8 Å². The van der Waals surface area contributed by atoms with Gasteiger partial charge in [-0.05, 0) is 42.5 Å². The molecule has 1 spiro atoms. The minimum absolute atomic E-state index is 0.341.